The molecule has 0 saturated carbocycles. The molecule has 0 amide bonds. The van der Waals surface area contributed by atoms with Crippen molar-refractivity contribution in [2.75, 3.05) is 5.73 Å². The molecule has 4 heteroatoms. The molecule has 0 spiro atoms. The second kappa shape index (κ2) is 3.42. The van der Waals surface area contributed by atoms with Crippen molar-refractivity contribution in [3.05, 3.63) is 32.4 Å². The molecule has 0 bridgehead atoms. The highest BCUT2D eigenvalue weighted by Crippen LogP contribution is 2.28. The van der Waals surface area contributed by atoms with Gasteiger partial charge in [-0.25, -0.2) is 0 Å². The number of benzene rings is 1. The quantitative estimate of drug-likeness (QED) is 0.742. The van der Waals surface area contributed by atoms with Crippen molar-refractivity contribution >= 4 is 55.1 Å². The summed E-state index contributed by atoms with van der Waals surface area (Å²) in [6.45, 7) is 0. The summed E-state index contributed by atoms with van der Waals surface area (Å²) in [5.41, 5.74) is 7.63. The molecule has 0 radical (unpaired) electrons. The van der Waals surface area contributed by atoms with Crippen LogP contribution in [0, 0.1) is 3.57 Å². The Morgan fingerprint density at radius 2 is 2.15 bits per heavy atom. The normalized spacial score (nSPS) is 10.6. The Morgan fingerprint density at radius 3 is 2.92 bits per heavy atom. The van der Waals surface area contributed by atoms with E-state index in [1.807, 2.05) is 18.2 Å². The fourth-order valence-corrected chi connectivity index (χ4v) is 2.08. The van der Waals surface area contributed by atoms with E-state index in [4.69, 9.17) is 5.73 Å². The van der Waals surface area contributed by atoms with Crippen LogP contribution in [0.15, 0.2) is 28.9 Å². The molecule has 0 atom stereocenters. The van der Waals surface area contributed by atoms with E-state index in [1.165, 1.54) is 0 Å². The number of rotatable bonds is 0. The molecule has 2 aromatic rings. The van der Waals surface area contributed by atoms with E-state index >= 15 is 0 Å². The molecule has 2 rings (SSSR count). The summed E-state index contributed by atoms with van der Waals surface area (Å²) in [5, 5.41) is 1.00. The Labute approximate surface area is 97.8 Å². The number of hydrogen-bond acceptors (Lipinski definition) is 2. The molecule has 0 aliphatic rings. The zero-order valence-electron chi connectivity index (χ0n) is 6.59. The molecule has 2 N–H and O–H groups in total. The molecule has 0 saturated heterocycles. The van der Waals surface area contributed by atoms with Crippen molar-refractivity contribution in [3.8, 4) is 0 Å². The predicted molar refractivity (Wildman–Crippen MR) is 66.6 cm³/mol. The lowest BCUT2D eigenvalue weighted by atomic mass is 10.2. The van der Waals surface area contributed by atoms with Crippen molar-refractivity contribution in [3.63, 3.8) is 0 Å². The molecule has 1 heterocycles. The van der Waals surface area contributed by atoms with E-state index in [9.17, 15) is 0 Å². The van der Waals surface area contributed by atoms with E-state index in [-0.39, 0.29) is 0 Å². The van der Waals surface area contributed by atoms with Crippen molar-refractivity contribution in [1.82, 2.24) is 4.98 Å². The van der Waals surface area contributed by atoms with Crippen LogP contribution in [0.2, 0.25) is 0 Å². The average Bonchev–Trinajstić information content (AvgIpc) is 2.12. The number of aromatic nitrogens is 1. The number of nitrogen functional groups attached to an aromatic ring is 1. The molecule has 1 aromatic carbocycles. The largest absolute Gasteiger partial charge is 0.397 e. The van der Waals surface area contributed by atoms with Crippen LogP contribution >= 0.6 is 38.5 Å². The lowest BCUT2D eigenvalue weighted by molar-refractivity contribution is 1.38. The van der Waals surface area contributed by atoms with Gasteiger partial charge in [-0.3, -0.25) is 4.98 Å². The lowest BCUT2D eigenvalue weighted by Gasteiger charge is -2.04. The minimum absolute atomic E-state index is 0.798. The van der Waals surface area contributed by atoms with Crippen LogP contribution in [0.5, 0.6) is 0 Å². The first-order valence-electron chi connectivity index (χ1n) is 3.68. The number of nitrogens with two attached hydrogens (primary N) is 1. The molecule has 0 aliphatic carbocycles. The maximum Gasteiger partial charge on any atom is 0.0865 e. The van der Waals surface area contributed by atoms with Gasteiger partial charge in [-0.1, -0.05) is 12.1 Å². The molecule has 0 fully saturated rings. The van der Waals surface area contributed by atoms with E-state index < -0.39 is 0 Å². The van der Waals surface area contributed by atoms with Crippen molar-refractivity contribution in [2.45, 2.75) is 0 Å². The maximum atomic E-state index is 5.92. The third-order valence-corrected chi connectivity index (χ3v) is 3.34. The molecule has 66 valence electrons. The fourth-order valence-electron chi connectivity index (χ4n) is 1.18. The van der Waals surface area contributed by atoms with Gasteiger partial charge in [0.25, 0.3) is 0 Å². The molecule has 0 unspecified atom stereocenters. The highest BCUT2D eigenvalue weighted by molar-refractivity contribution is 14.1. The summed E-state index contributed by atoms with van der Waals surface area (Å²) >= 11 is 5.62. The second-order valence-corrected chi connectivity index (χ2v) is 4.67. The molecular formula is C9H6BrIN2. The van der Waals surface area contributed by atoms with Crippen LogP contribution in [-0.4, -0.2) is 4.98 Å². The summed E-state index contributed by atoms with van der Waals surface area (Å²) in [5.74, 6) is 0. The number of hydrogen-bond donors (Lipinski definition) is 1. The highest BCUT2D eigenvalue weighted by atomic mass is 127. The van der Waals surface area contributed by atoms with Crippen molar-refractivity contribution in [2.24, 2.45) is 0 Å². The van der Waals surface area contributed by atoms with E-state index in [1.54, 1.807) is 6.20 Å². The summed E-state index contributed by atoms with van der Waals surface area (Å²) in [6.07, 6.45) is 1.78. The zero-order chi connectivity index (χ0) is 9.42. The van der Waals surface area contributed by atoms with Gasteiger partial charge in [0.15, 0.2) is 0 Å². The summed E-state index contributed by atoms with van der Waals surface area (Å²) in [6, 6.07) is 5.90. The summed E-state index contributed by atoms with van der Waals surface area (Å²) in [4.78, 5) is 4.31. The summed E-state index contributed by atoms with van der Waals surface area (Å²) in [7, 11) is 0. The Kier molecular flexibility index (Phi) is 2.42. The molecular weight excluding hydrogens is 343 g/mol. The minimum atomic E-state index is 0.798. The standard InChI is InChI=1S/C9H6BrIN2/c10-6-3-1-2-5-8(12)7(11)4-13-9(5)6/h1-4H,(H2,12,13). The van der Waals surface area contributed by atoms with Crippen LogP contribution < -0.4 is 5.73 Å². The first-order chi connectivity index (χ1) is 6.20. The number of anilines is 1. The average molecular weight is 349 g/mol. The van der Waals surface area contributed by atoms with Gasteiger partial charge < -0.3 is 5.73 Å². The van der Waals surface area contributed by atoms with Crippen LogP contribution in [0.1, 0.15) is 0 Å². The van der Waals surface area contributed by atoms with Gasteiger partial charge in [-0.2, -0.15) is 0 Å². The molecule has 0 aliphatic heterocycles. The number of nitrogens with zero attached hydrogens (tertiary/aromatic N) is 1. The third kappa shape index (κ3) is 1.52. The van der Waals surface area contributed by atoms with Crippen LogP contribution in [0.25, 0.3) is 10.9 Å². The third-order valence-electron chi connectivity index (χ3n) is 1.84. The lowest BCUT2D eigenvalue weighted by Crippen LogP contribution is -1.93. The highest BCUT2D eigenvalue weighted by Gasteiger charge is 2.04. The Hall–Kier alpha value is -0.360. The van der Waals surface area contributed by atoms with Gasteiger partial charge in [0.2, 0.25) is 0 Å². The Balaban J connectivity index is 2.94. The monoisotopic (exact) mass is 348 g/mol. The van der Waals surface area contributed by atoms with E-state index in [0.717, 1.165) is 24.6 Å². The minimum Gasteiger partial charge on any atom is -0.397 e. The first-order valence-corrected chi connectivity index (χ1v) is 5.55. The van der Waals surface area contributed by atoms with Crippen LogP contribution in [0.4, 0.5) is 5.69 Å². The first kappa shape index (κ1) is 9.21. The summed E-state index contributed by atoms with van der Waals surface area (Å²) < 4.78 is 1.97. The van der Waals surface area contributed by atoms with Gasteiger partial charge in [0, 0.05) is 16.1 Å². The maximum absolute atomic E-state index is 5.92. The van der Waals surface area contributed by atoms with Gasteiger partial charge >= 0.3 is 0 Å². The van der Waals surface area contributed by atoms with Crippen molar-refractivity contribution in [1.29, 1.82) is 0 Å². The topological polar surface area (TPSA) is 38.9 Å². The Morgan fingerprint density at radius 1 is 1.38 bits per heavy atom. The predicted octanol–water partition coefficient (Wildman–Crippen LogP) is 3.18. The van der Waals surface area contributed by atoms with Crippen molar-refractivity contribution < 1.29 is 0 Å². The SMILES string of the molecule is Nc1c(I)cnc2c(Br)cccc12. The molecule has 2 nitrogen and oxygen atoms in total. The smallest absolute Gasteiger partial charge is 0.0865 e. The second-order valence-electron chi connectivity index (χ2n) is 2.66. The van der Waals surface area contributed by atoms with Gasteiger partial charge in [0.05, 0.1) is 14.8 Å². The Bertz CT molecular complexity index is 470. The van der Waals surface area contributed by atoms with Gasteiger partial charge in [0.1, 0.15) is 0 Å². The van der Waals surface area contributed by atoms with Gasteiger partial charge in [-0.05, 0) is 44.6 Å². The zero-order valence-corrected chi connectivity index (χ0v) is 10.3. The number of para-hydroxylation sites is 1. The van der Waals surface area contributed by atoms with Crippen LogP contribution in [-0.2, 0) is 0 Å². The number of pyridine rings is 1. The fraction of sp³-hybridized carbons (Fsp3) is 0. The molecule has 1 aromatic heterocycles. The van der Waals surface area contributed by atoms with E-state index in [0.29, 0.717) is 0 Å². The number of halogens is 2. The van der Waals surface area contributed by atoms with Gasteiger partial charge in [-0.15, -0.1) is 0 Å². The van der Waals surface area contributed by atoms with Crippen LogP contribution in [0.3, 0.4) is 0 Å². The van der Waals surface area contributed by atoms with E-state index in [2.05, 4.69) is 43.5 Å². The molecule has 13 heavy (non-hydrogen) atoms. The number of fused-ring (bicyclic) bond motifs is 1.